The van der Waals surface area contributed by atoms with Crippen molar-refractivity contribution < 1.29 is 9.90 Å². The van der Waals surface area contributed by atoms with Crippen LogP contribution in [-0.4, -0.2) is 29.1 Å². The van der Waals surface area contributed by atoms with E-state index in [0.717, 1.165) is 16.5 Å². The van der Waals surface area contributed by atoms with E-state index in [0.29, 0.717) is 25.1 Å². The zero-order chi connectivity index (χ0) is 17.6. The van der Waals surface area contributed by atoms with Crippen molar-refractivity contribution in [2.45, 2.75) is 12.8 Å². The third-order valence-electron chi connectivity index (χ3n) is 3.99. The van der Waals surface area contributed by atoms with Crippen molar-refractivity contribution >= 4 is 39.3 Å². The van der Waals surface area contributed by atoms with Crippen molar-refractivity contribution in [3.63, 3.8) is 0 Å². The van der Waals surface area contributed by atoms with Crippen LogP contribution in [0.3, 0.4) is 0 Å². The number of pyridine rings is 1. The lowest BCUT2D eigenvalue weighted by Crippen LogP contribution is -2.26. The normalized spacial score (nSPS) is 10.8. The fraction of sp³-hybridized carbons (Fsp3) is 0.200. The van der Waals surface area contributed by atoms with Crippen molar-refractivity contribution in [1.29, 1.82) is 0 Å². The average Bonchev–Trinajstić information content (AvgIpc) is 2.63. The van der Waals surface area contributed by atoms with E-state index in [9.17, 15) is 4.79 Å². The van der Waals surface area contributed by atoms with Gasteiger partial charge < -0.3 is 10.4 Å². The average molecular weight is 446 g/mol. The smallest absolute Gasteiger partial charge is 0.269 e. The summed E-state index contributed by atoms with van der Waals surface area (Å²) in [6.07, 6.45) is 1.21. The number of halogens is 1. The van der Waals surface area contributed by atoms with Crippen LogP contribution in [0.4, 0.5) is 0 Å². The molecular weight excluding hydrogens is 427 g/mol. The van der Waals surface area contributed by atoms with E-state index in [1.54, 1.807) is 0 Å². The molecular formula is C20H19IN2O2. The van der Waals surface area contributed by atoms with Crippen LogP contribution in [0.25, 0.3) is 10.8 Å². The van der Waals surface area contributed by atoms with E-state index in [4.69, 9.17) is 5.11 Å². The monoisotopic (exact) mass is 446 g/mol. The van der Waals surface area contributed by atoms with Crippen molar-refractivity contribution in [2.24, 2.45) is 0 Å². The SMILES string of the molecule is O=C(NCCCO)c1cc2ccccc2c(Cc2ccccc2I)n1. The van der Waals surface area contributed by atoms with Crippen LogP contribution < -0.4 is 5.32 Å². The van der Waals surface area contributed by atoms with Crippen molar-refractivity contribution in [3.8, 4) is 0 Å². The van der Waals surface area contributed by atoms with Gasteiger partial charge in [-0.1, -0.05) is 42.5 Å². The molecule has 0 atom stereocenters. The third-order valence-corrected chi connectivity index (χ3v) is 5.04. The first-order valence-corrected chi connectivity index (χ1v) is 9.28. The van der Waals surface area contributed by atoms with E-state index < -0.39 is 0 Å². The Hall–Kier alpha value is -1.99. The van der Waals surface area contributed by atoms with Gasteiger partial charge in [0.15, 0.2) is 0 Å². The van der Waals surface area contributed by atoms with Crippen LogP contribution in [0.15, 0.2) is 54.6 Å². The first kappa shape index (κ1) is 17.8. The molecule has 3 aromatic rings. The molecule has 4 nitrogen and oxygen atoms in total. The van der Waals surface area contributed by atoms with E-state index in [1.165, 1.54) is 9.13 Å². The number of aromatic nitrogens is 1. The lowest BCUT2D eigenvalue weighted by atomic mass is 10.0. The molecule has 2 aromatic carbocycles. The summed E-state index contributed by atoms with van der Waals surface area (Å²) in [5.41, 5.74) is 2.51. The number of aliphatic hydroxyl groups is 1. The van der Waals surface area contributed by atoms with Crippen LogP contribution >= 0.6 is 22.6 Å². The highest BCUT2D eigenvalue weighted by Gasteiger charge is 2.13. The molecule has 25 heavy (non-hydrogen) atoms. The number of nitrogens with zero attached hydrogens (tertiary/aromatic N) is 1. The molecule has 0 aliphatic heterocycles. The summed E-state index contributed by atoms with van der Waals surface area (Å²) in [5.74, 6) is -0.205. The van der Waals surface area contributed by atoms with Crippen LogP contribution in [0.1, 0.15) is 28.2 Å². The van der Waals surface area contributed by atoms with E-state index in [-0.39, 0.29) is 12.5 Å². The molecule has 1 heterocycles. The fourth-order valence-corrected chi connectivity index (χ4v) is 3.29. The summed E-state index contributed by atoms with van der Waals surface area (Å²) in [6, 6.07) is 18.0. The molecule has 1 aromatic heterocycles. The third kappa shape index (κ3) is 4.35. The number of benzene rings is 2. The summed E-state index contributed by atoms with van der Waals surface area (Å²) >= 11 is 2.32. The molecule has 0 radical (unpaired) electrons. The number of carbonyl (C=O) groups is 1. The number of hydrogen-bond donors (Lipinski definition) is 2. The van der Waals surface area contributed by atoms with Crippen molar-refractivity contribution in [3.05, 3.63) is 75.1 Å². The van der Waals surface area contributed by atoms with Gasteiger partial charge in [-0.3, -0.25) is 4.79 Å². The molecule has 5 heteroatoms. The molecule has 2 N–H and O–H groups in total. The summed E-state index contributed by atoms with van der Waals surface area (Å²) < 4.78 is 1.18. The minimum Gasteiger partial charge on any atom is -0.396 e. The maximum absolute atomic E-state index is 12.4. The quantitative estimate of drug-likeness (QED) is 0.450. The summed E-state index contributed by atoms with van der Waals surface area (Å²) in [6.45, 7) is 0.499. The van der Waals surface area contributed by atoms with Gasteiger partial charge in [0.2, 0.25) is 0 Å². The molecule has 3 rings (SSSR count). The van der Waals surface area contributed by atoms with Crippen LogP contribution in [0.5, 0.6) is 0 Å². The highest BCUT2D eigenvalue weighted by molar-refractivity contribution is 14.1. The number of nitrogens with one attached hydrogen (secondary N) is 1. The van der Waals surface area contributed by atoms with E-state index in [1.807, 2.05) is 42.5 Å². The van der Waals surface area contributed by atoms with Gasteiger partial charge in [-0.2, -0.15) is 0 Å². The van der Waals surface area contributed by atoms with Crippen molar-refractivity contribution in [2.75, 3.05) is 13.2 Å². The maximum Gasteiger partial charge on any atom is 0.269 e. The van der Waals surface area contributed by atoms with Gasteiger partial charge in [0.25, 0.3) is 5.91 Å². The predicted molar refractivity (Wildman–Crippen MR) is 108 cm³/mol. The van der Waals surface area contributed by atoms with Crippen LogP contribution in [0, 0.1) is 3.57 Å². The topological polar surface area (TPSA) is 62.2 Å². The first-order chi connectivity index (χ1) is 12.2. The molecule has 0 fully saturated rings. The minimum absolute atomic E-state index is 0.0587. The highest BCUT2D eigenvalue weighted by Crippen LogP contribution is 2.23. The zero-order valence-corrected chi connectivity index (χ0v) is 15.9. The second-order valence-corrected chi connectivity index (χ2v) is 6.94. The molecule has 0 unspecified atom stereocenters. The second kappa shape index (κ2) is 8.40. The van der Waals surface area contributed by atoms with E-state index in [2.05, 4.69) is 45.0 Å². The Balaban J connectivity index is 1.98. The van der Waals surface area contributed by atoms with Gasteiger partial charge in [0.05, 0.1) is 5.69 Å². The molecule has 0 spiro atoms. The number of hydrogen-bond acceptors (Lipinski definition) is 3. The molecule has 0 saturated heterocycles. The summed E-state index contributed by atoms with van der Waals surface area (Å²) in [5, 5.41) is 13.7. The van der Waals surface area contributed by atoms with Crippen LogP contribution in [0.2, 0.25) is 0 Å². The van der Waals surface area contributed by atoms with Gasteiger partial charge in [0, 0.05) is 28.5 Å². The first-order valence-electron chi connectivity index (χ1n) is 8.20. The Morgan fingerprint density at radius 1 is 1.12 bits per heavy atom. The largest absolute Gasteiger partial charge is 0.396 e. The highest BCUT2D eigenvalue weighted by atomic mass is 127. The van der Waals surface area contributed by atoms with Crippen molar-refractivity contribution in [1.82, 2.24) is 10.3 Å². The molecule has 0 aliphatic rings. The Labute approximate surface area is 160 Å². The maximum atomic E-state index is 12.4. The van der Waals surface area contributed by atoms with Gasteiger partial charge in [-0.15, -0.1) is 0 Å². The van der Waals surface area contributed by atoms with E-state index >= 15 is 0 Å². The molecule has 0 bridgehead atoms. The Morgan fingerprint density at radius 2 is 1.88 bits per heavy atom. The Bertz CT molecular complexity index is 896. The molecule has 0 aliphatic carbocycles. The fourth-order valence-electron chi connectivity index (χ4n) is 2.72. The minimum atomic E-state index is -0.205. The predicted octanol–water partition coefficient (Wildman–Crippen LogP) is 3.54. The zero-order valence-electron chi connectivity index (χ0n) is 13.7. The molecule has 0 saturated carbocycles. The van der Waals surface area contributed by atoms with Gasteiger partial charge >= 0.3 is 0 Å². The number of carbonyl (C=O) groups excluding carboxylic acids is 1. The molecule has 1 amide bonds. The number of rotatable bonds is 6. The number of fused-ring (bicyclic) bond motifs is 1. The van der Waals surface area contributed by atoms with Gasteiger partial charge in [-0.25, -0.2) is 4.98 Å². The van der Waals surface area contributed by atoms with Crippen LogP contribution in [-0.2, 0) is 6.42 Å². The van der Waals surface area contributed by atoms with Gasteiger partial charge in [0.1, 0.15) is 5.69 Å². The summed E-state index contributed by atoms with van der Waals surface area (Å²) in [7, 11) is 0. The lowest BCUT2D eigenvalue weighted by Gasteiger charge is -2.11. The summed E-state index contributed by atoms with van der Waals surface area (Å²) in [4.78, 5) is 17.0. The van der Waals surface area contributed by atoms with Gasteiger partial charge in [-0.05, 0) is 52.1 Å². The Kier molecular flexibility index (Phi) is 5.99. The molecule has 128 valence electrons. The Morgan fingerprint density at radius 3 is 2.68 bits per heavy atom. The lowest BCUT2D eigenvalue weighted by molar-refractivity contribution is 0.0946. The second-order valence-electron chi connectivity index (χ2n) is 5.78. The number of amides is 1. The number of aliphatic hydroxyl groups excluding tert-OH is 1. The standard InChI is InChI=1S/C20H19IN2O2/c21-17-9-4-2-7-15(17)13-18-16-8-3-1-6-14(16)12-19(23-18)20(25)22-10-5-11-24/h1-4,6-9,12,24H,5,10-11,13H2,(H,22,25).